The number of esters is 1. The topological polar surface area (TPSA) is 142 Å². The highest BCUT2D eigenvalue weighted by atomic mass is 35.5. The van der Waals surface area contributed by atoms with Crippen LogP contribution < -0.4 is 14.6 Å². The van der Waals surface area contributed by atoms with E-state index in [2.05, 4.69) is 9.46 Å². The van der Waals surface area contributed by atoms with Gasteiger partial charge in [-0.05, 0) is 42.3 Å². The van der Waals surface area contributed by atoms with Gasteiger partial charge in [-0.3, -0.25) is 4.72 Å². The van der Waals surface area contributed by atoms with Gasteiger partial charge in [0.05, 0.1) is 31.2 Å². The number of carbonyl (C=O) groups is 1. The molecule has 0 amide bonds. The zero-order chi connectivity index (χ0) is 21.8. The van der Waals surface area contributed by atoms with Gasteiger partial charge in [-0.1, -0.05) is 17.7 Å². The Morgan fingerprint density at radius 1 is 1.10 bits per heavy atom. The predicted octanol–water partition coefficient (Wildman–Crippen LogP) is 1.77. The summed E-state index contributed by atoms with van der Waals surface area (Å²) in [4.78, 5) is 11.1. The van der Waals surface area contributed by atoms with Gasteiger partial charge in [0.15, 0.2) is 0 Å². The third kappa shape index (κ3) is 6.07. The summed E-state index contributed by atoms with van der Waals surface area (Å²) in [7, 11) is -5.73. The number of benzene rings is 2. The summed E-state index contributed by atoms with van der Waals surface area (Å²) in [5.41, 5.74) is 0.239. The van der Waals surface area contributed by atoms with Crippen molar-refractivity contribution in [3.8, 4) is 5.75 Å². The average Bonchev–Trinajstić information content (AvgIpc) is 2.65. The van der Waals surface area contributed by atoms with E-state index in [0.717, 1.165) is 19.2 Å². The van der Waals surface area contributed by atoms with E-state index < -0.39 is 30.9 Å². The van der Waals surface area contributed by atoms with E-state index >= 15 is 0 Å². The molecule has 158 valence electrons. The highest BCUT2D eigenvalue weighted by molar-refractivity contribution is 7.93. The predicted molar refractivity (Wildman–Crippen MR) is 108 cm³/mol. The van der Waals surface area contributed by atoms with Crippen molar-refractivity contribution in [1.82, 2.24) is 0 Å². The Morgan fingerprint density at radius 3 is 2.38 bits per heavy atom. The van der Waals surface area contributed by atoms with Gasteiger partial charge in [0.1, 0.15) is 10.6 Å². The summed E-state index contributed by atoms with van der Waals surface area (Å²) in [5, 5.41) is 5.60. The molecule has 0 aliphatic carbocycles. The number of anilines is 1. The number of rotatable bonds is 8. The summed E-state index contributed by atoms with van der Waals surface area (Å²) < 4.78 is 60.6. The molecule has 0 spiro atoms. The monoisotopic (exact) mass is 462 g/mol. The van der Waals surface area contributed by atoms with Crippen LogP contribution in [0.5, 0.6) is 5.75 Å². The Bertz CT molecular complexity index is 1130. The van der Waals surface area contributed by atoms with E-state index in [9.17, 15) is 21.6 Å². The molecule has 0 unspecified atom stereocenters. The number of nitrogens with one attached hydrogen (secondary N) is 1. The van der Waals surface area contributed by atoms with Crippen LogP contribution in [0.2, 0.25) is 5.02 Å². The Labute approximate surface area is 173 Å². The van der Waals surface area contributed by atoms with Gasteiger partial charge in [-0.15, -0.1) is 0 Å². The van der Waals surface area contributed by atoms with Crippen LogP contribution in [0.3, 0.4) is 0 Å². The van der Waals surface area contributed by atoms with Crippen LogP contribution in [0, 0.1) is 0 Å². The molecule has 12 heteroatoms. The first-order valence-corrected chi connectivity index (χ1v) is 11.6. The smallest absolute Gasteiger partial charge is 0.337 e. The van der Waals surface area contributed by atoms with Crippen LogP contribution in [-0.2, 0) is 31.2 Å². The molecule has 0 fully saturated rings. The first-order chi connectivity index (χ1) is 13.5. The fourth-order valence-electron chi connectivity index (χ4n) is 2.47. The van der Waals surface area contributed by atoms with Gasteiger partial charge in [-0.25, -0.2) is 26.8 Å². The molecule has 0 bridgehead atoms. The second-order valence-electron chi connectivity index (χ2n) is 5.87. The molecule has 0 aliphatic rings. The SMILES string of the molecule is COC(=O)c1ccc(NS(=O)(=O)CCc2ccc(Cl)cc2OC)c(S(N)(=O)=O)c1. The van der Waals surface area contributed by atoms with E-state index in [4.69, 9.17) is 21.5 Å². The van der Waals surface area contributed by atoms with Crippen LogP contribution in [0.4, 0.5) is 5.69 Å². The Balaban J connectivity index is 2.29. The maximum Gasteiger partial charge on any atom is 0.337 e. The third-order valence-corrected chi connectivity index (χ3v) is 6.32. The van der Waals surface area contributed by atoms with Crippen LogP contribution >= 0.6 is 11.6 Å². The summed E-state index contributed by atoms with van der Waals surface area (Å²) >= 11 is 5.89. The molecule has 0 aromatic heterocycles. The average molecular weight is 463 g/mol. The molecule has 0 heterocycles. The fraction of sp³-hybridized carbons (Fsp3) is 0.235. The number of carbonyl (C=O) groups excluding carboxylic acids is 1. The van der Waals surface area contributed by atoms with Gasteiger partial charge < -0.3 is 9.47 Å². The lowest BCUT2D eigenvalue weighted by Gasteiger charge is -2.13. The number of hydrogen-bond acceptors (Lipinski definition) is 7. The van der Waals surface area contributed by atoms with Crippen molar-refractivity contribution >= 4 is 43.3 Å². The molecule has 0 radical (unpaired) electrons. The molecule has 29 heavy (non-hydrogen) atoms. The van der Waals surface area contributed by atoms with E-state index in [-0.39, 0.29) is 23.4 Å². The maximum atomic E-state index is 12.5. The quantitative estimate of drug-likeness (QED) is 0.569. The van der Waals surface area contributed by atoms with Gasteiger partial charge in [-0.2, -0.15) is 0 Å². The lowest BCUT2D eigenvalue weighted by atomic mass is 10.1. The molecule has 0 saturated heterocycles. The van der Waals surface area contributed by atoms with Crippen molar-refractivity contribution in [2.75, 3.05) is 24.7 Å². The van der Waals surface area contributed by atoms with Crippen molar-refractivity contribution in [3.63, 3.8) is 0 Å². The minimum absolute atomic E-state index is 0.0840. The number of primary sulfonamides is 1. The second-order valence-corrected chi connectivity index (χ2v) is 9.68. The number of aryl methyl sites for hydroxylation is 1. The van der Waals surface area contributed by atoms with E-state index in [1.54, 1.807) is 18.2 Å². The fourth-order valence-corrected chi connectivity index (χ4v) is 4.52. The molecular weight excluding hydrogens is 444 g/mol. The standard InChI is InChI=1S/C17H19ClN2O7S2/c1-26-15-10-13(18)5-3-11(15)7-8-28(22,23)20-14-6-4-12(17(21)27-2)9-16(14)29(19,24)25/h3-6,9-10,20H,7-8H2,1-2H3,(H2,19,24,25). The van der Waals surface area contributed by atoms with Gasteiger partial charge >= 0.3 is 5.97 Å². The summed E-state index contributed by atoms with van der Waals surface area (Å²) in [6, 6.07) is 8.09. The maximum absolute atomic E-state index is 12.5. The highest BCUT2D eigenvalue weighted by Crippen LogP contribution is 2.26. The molecule has 3 N–H and O–H groups in total. The molecule has 0 atom stereocenters. The van der Waals surface area contributed by atoms with Gasteiger partial charge in [0.2, 0.25) is 20.0 Å². The van der Waals surface area contributed by atoms with Crippen LogP contribution in [-0.4, -0.2) is 42.8 Å². The highest BCUT2D eigenvalue weighted by Gasteiger charge is 2.21. The minimum atomic E-state index is -4.32. The summed E-state index contributed by atoms with van der Waals surface area (Å²) in [6.45, 7) is 0. The first kappa shape index (κ1) is 22.9. The normalized spacial score (nSPS) is 11.7. The summed E-state index contributed by atoms with van der Waals surface area (Å²) in [5.74, 6) is -0.729. The molecular formula is C17H19ClN2O7S2. The number of halogens is 1. The van der Waals surface area contributed by atoms with Gasteiger partial charge in [0, 0.05) is 5.02 Å². The van der Waals surface area contributed by atoms with Crippen molar-refractivity contribution in [3.05, 3.63) is 52.5 Å². The van der Waals surface area contributed by atoms with Crippen LogP contribution in [0.25, 0.3) is 0 Å². The van der Waals surface area contributed by atoms with Crippen molar-refractivity contribution < 1.29 is 31.1 Å². The third-order valence-electron chi connectivity index (χ3n) is 3.86. The largest absolute Gasteiger partial charge is 0.496 e. The molecule has 2 aromatic carbocycles. The molecule has 2 aromatic rings. The van der Waals surface area contributed by atoms with E-state index in [1.807, 2.05) is 0 Å². The number of methoxy groups -OCH3 is 2. The van der Waals surface area contributed by atoms with E-state index in [1.165, 1.54) is 13.2 Å². The Kier molecular flexibility index (Phi) is 7.11. The molecule has 2 rings (SSSR count). The minimum Gasteiger partial charge on any atom is -0.496 e. The molecule has 0 saturated carbocycles. The lowest BCUT2D eigenvalue weighted by molar-refractivity contribution is 0.0600. The zero-order valence-corrected chi connectivity index (χ0v) is 17.9. The first-order valence-electron chi connectivity index (χ1n) is 8.05. The number of hydrogen-bond donors (Lipinski definition) is 2. The van der Waals surface area contributed by atoms with Crippen LogP contribution in [0.15, 0.2) is 41.3 Å². The van der Waals surface area contributed by atoms with E-state index in [0.29, 0.717) is 16.3 Å². The molecule has 0 aliphatic heterocycles. The summed E-state index contributed by atoms with van der Waals surface area (Å²) in [6.07, 6.45) is 0.0840. The van der Waals surface area contributed by atoms with Crippen molar-refractivity contribution in [1.29, 1.82) is 0 Å². The lowest BCUT2D eigenvalue weighted by Crippen LogP contribution is -2.22. The Morgan fingerprint density at radius 2 is 1.79 bits per heavy atom. The Hall–Kier alpha value is -2.34. The number of sulfonamides is 2. The van der Waals surface area contributed by atoms with Crippen molar-refractivity contribution in [2.45, 2.75) is 11.3 Å². The van der Waals surface area contributed by atoms with Gasteiger partial charge in [0.25, 0.3) is 0 Å². The van der Waals surface area contributed by atoms with Crippen molar-refractivity contribution in [2.24, 2.45) is 5.14 Å². The second kappa shape index (κ2) is 8.99. The molecule has 9 nitrogen and oxygen atoms in total. The zero-order valence-electron chi connectivity index (χ0n) is 15.5. The number of nitrogens with two attached hydrogens (primary N) is 1. The van der Waals surface area contributed by atoms with Crippen LogP contribution in [0.1, 0.15) is 15.9 Å². The number of ether oxygens (including phenoxy) is 2.